The summed E-state index contributed by atoms with van der Waals surface area (Å²) in [5.41, 5.74) is 5.72. The lowest BCUT2D eigenvalue weighted by molar-refractivity contribution is -0.133. The molecule has 0 saturated carbocycles. The average molecular weight is 260 g/mol. The third-order valence-electron chi connectivity index (χ3n) is 2.98. The third-order valence-corrected chi connectivity index (χ3v) is 3.84. The summed E-state index contributed by atoms with van der Waals surface area (Å²) in [7, 11) is 0. The normalized spacial score (nSPS) is 12.3. The molecule has 1 aromatic heterocycles. The Balaban J connectivity index is 1.92. The van der Waals surface area contributed by atoms with E-state index in [0.29, 0.717) is 5.16 Å². The van der Waals surface area contributed by atoms with Crippen molar-refractivity contribution in [2.45, 2.75) is 18.5 Å². The number of carboxylic acids is 1. The molecule has 0 saturated heterocycles. The summed E-state index contributed by atoms with van der Waals surface area (Å²) in [4.78, 5) is 18.2. The molecule has 0 radical (unpaired) electrons. The Hall–Kier alpha value is -1.75. The maximum atomic E-state index is 10.5. The molecule has 0 bridgehead atoms. The van der Waals surface area contributed by atoms with Gasteiger partial charge in [0.1, 0.15) is 0 Å². The molecule has 1 aromatic carbocycles. The van der Waals surface area contributed by atoms with Gasteiger partial charge in [-0.3, -0.25) is 4.79 Å². The first kappa shape index (κ1) is 11.3. The van der Waals surface area contributed by atoms with E-state index in [1.165, 1.54) is 28.5 Å². The van der Waals surface area contributed by atoms with Crippen LogP contribution in [0, 0.1) is 6.92 Å². The first-order valence-electron chi connectivity index (χ1n) is 5.67. The minimum absolute atomic E-state index is 0.0348. The van der Waals surface area contributed by atoms with Gasteiger partial charge in [-0.1, -0.05) is 29.5 Å². The zero-order chi connectivity index (χ0) is 12.7. The summed E-state index contributed by atoms with van der Waals surface area (Å²) in [6.07, 6.45) is 0.853. The van der Waals surface area contributed by atoms with Gasteiger partial charge in [-0.15, -0.1) is 0 Å². The fourth-order valence-corrected chi connectivity index (χ4v) is 2.80. The van der Waals surface area contributed by atoms with Crippen LogP contribution in [0.5, 0.6) is 0 Å². The van der Waals surface area contributed by atoms with Crippen LogP contribution in [0.25, 0.3) is 11.3 Å². The van der Waals surface area contributed by atoms with Crippen molar-refractivity contribution in [1.82, 2.24) is 9.97 Å². The standard InChI is InChI=1S/C13H12N2O2S/c1-7-2-3-8-5-10-12(9(8)4-7)15-13(14-10)18-6-11(16)17/h2-4H,5-6H2,1H3,(H,14,15)(H,16,17). The van der Waals surface area contributed by atoms with Crippen molar-refractivity contribution in [3.05, 3.63) is 35.0 Å². The maximum absolute atomic E-state index is 10.5. The quantitative estimate of drug-likeness (QED) is 0.710. The predicted octanol–water partition coefficient (Wildman–Crippen LogP) is 2.47. The summed E-state index contributed by atoms with van der Waals surface area (Å²) in [6, 6.07) is 6.36. The molecule has 3 rings (SSSR count). The number of aromatic nitrogens is 2. The van der Waals surface area contributed by atoms with Crippen LogP contribution in [0.3, 0.4) is 0 Å². The van der Waals surface area contributed by atoms with Crippen LogP contribution in [0.1, 0.15) is 16.8 Å². The lowest BCUT2D eigenvalue weighted by Crippen LogP contribution is -1.98. The van der Waals surface area contributed by atoms with Crippen LogP contribution in [0.15, 0.2) is 23.4 Å². The Bertz CT molecular complexity index is 634. The predicted molar refractivity (Wildman–Crippen MR) is 69.9 cm³/mol. The van der Waals surface area contributed by atoms with Crippen molar-refractivity contribution < 1.29 is 9.90 Å². The van der Waals surface area contributed by atoms with E-state index in [9.17, 15) is 4.79 Å². The van der Waals surface area contributed by atoms with Gasteiger partial charge in [0.05, 0.1) is 11.4 Å². The van der Waals surface area contributed by atoms with Crippen LogP contribution in [-0.2, 0) is 11.2 Å². The smallest absolute Gasteiger partial charge is 0.313 e. The minimum Gasteiger partial charge on any atom is -0.481 e. The summed E-state index contributed by atoms with van der Waals surface area (Å²) in [5, 5.41) is 9.34. The van der Waals surface area contributed by atoms with E-state index < -0.39 is 5.97 Å². The van der Waals surface area contributed by atoms with Crippen molar-refractivity contribution in [2.24, 2.45) is 0 Å². The number of nitrogens with zero attached hydrogens (tertiary/aromatic N) is 1. The lowest BCUT2D eigenvalue weighted by Gasteiger charge is -2.00. The Labute approximate surface area is 108 Å². The molecule has 0 unspecified atom stereocenters. The highest BCUT2D eigenvalue weighted by Crippen LogP contribution is 2.36. The number of aliphatic carboxylic acids is 1. The average Bonchev–Trinajstić information content (AvgIpc) is 2.84. The number of hydrogen-bond donors (Lipinski definition) is 2. The zero-order valence-electron chi connectivity index (χ0n) is 9.86. The summed E-state index contributed by atoms with van der Waals surface area (Å²) < 4.78 is 0. The topological polar surface area (TPSA) is 66.0 Å². The summed E-state index contributed by atoms with van der Waals surface area (Å²) >= 11 is 1.23. The second-order valence-electron chi connectivity index (χ2n) is 4.39. The Morgan fingerprint density at radius 3 is 3.17 bits per heavy atom. The lowest BCUT2D eigenvalue weighted by atomic mass is 10.1. The van der Waals surface area contributed by atoms with Gasteiger partial charge >= 0.3 is 5.97 Å². The Morgan fingerprint density at radius 2 is 2.39 bits per heavy atom. The molecule has 0 aliphatic heterocycles. The van der Waals surface area contributed by atoms with E-state index in [4.69, 9.17) is 5.11 Å². The van der Waals surface area contributed by atoms with Crippen molar-refractivity contribution in [3.63, 3.8) is 0 Å². The fraction of sp³-hybridized carbons (Fsp3) is 0.231. The molecule has 0 spiro atoms. The van der Waals surface area contributed by atoms with Gasteiger partial charge < -0.3 is 10.1 Å². The molecule has 92 valence electrons. The van der Waals surface area contributed by atoms with E-state index in [-0.39, 0.29) is 5.75 Å². The third kappa shape index (κ3) is 1.90. The molecular weight excluding hydrogens is 248 g/mol. The second kappa shape index (κ2) is 4.17. The number of carboxylic acid groups (broad SMARTS) is 1. The number of aromatic amines is 1. The van der Waals surface area contributed by atoms with Gasteiger partial charge in [0.25, 0.3) is 0 Å². The van der Waals surface area contributed by atoms with Gasteiger partial charge in [-0.2, -0.15) is 0 Å². The van der Waals surface area contributed by atoms with Gasteiger partial charge in [0.2, 0.25) is 0 Å². The van der Waals surface area contributed by atoms with E-state index in [2.05, 4.69) is 35.1 Å². The van der Waals surface area contributed by atoms with Gasteiger partial charge in [0.15, 0.2) is 5.16 Å². The fourth-order valence-electron chi connectivity index (χ4n) is 2.19. The van der Waals surface area contributed by atoms with E-state index in [1.807, 2.05) is 0 Å². The number of hydrogen-bond acceptors (Lipinski definition) is 3. The number of imidazole rings is 1. The molecule has 4 nitrogen and oxygen atoms in total. The summed E-state index contributed by atoms with van der Waals surface area (Å²) in [6.45, 7) is 2.06. The van der Waals surface area contributed by atoms with Crippen molar-refractivity contribution in [2.75, 3.05) is 5.75 Å². The highest BCUT2D eigenvalue weighted by molar-refractivity contribution is 7.99. The molecule has 18 heavy (non-hydrogen) atoms. The highest BCUT2D eigenvalue weighted by Gasteiger charge is 2.23. The molecule has 5 heteroatoms. The van der Waals surface area contributed by atoms with Gasteiger partial charge in [-0.25, -0.2) is 4.98 Å². The number of nitrogens with one attached hydrogen (secondary N) is 1. The SMILES string of the molecule is Cc1ccc2c(c1)-c1nc(SCC(=O)O)[nH]c1C2. The van der Waals surface area contributed by atoms with Crippen molar-refractivity contribution in [3.8, 4) is 11.3 Å². The van der Waals surface area contributed by atoms with Gasteiger partial charge in [0, 0.05) is 17.7 Å². The second-order valence-corrected chi connectivity index (χ2v) is 5.35. The summed E-state index contributed by atoms with van der Waals surface area (Å²) in [5.74, 6) is -0.791. The van der Waals surface area contributed by atoms with Crippen LogP contribution in [-0.4, -0.2) is 26.8 Å². The molecule has 1 aliphatic rings. The van der Waals surface area contributed by atoms with E-state index >= 15 is 0 Å². The molecule has 2 N–H and O–H groups in total. The van der Waals surface area contributed by atoms with E-state index in [1.54, 1.807) is 0 Å². The monoisotopic (exact) mass is 260 g/mol. The number of H-pyrrole nitrogens is 1. The molecule has 1 aliphatic carbocycles. The Morgan fingerprint density at radius 1 is 1.56 bits per heavy atom. The van der Waals surface area contributed by atoms with Crippen LogP contribution >= 0.6 is 11.8 Å². The number of carbonyl (C=O) groups is 1. The largest absolute Gasteiger partial charge is 0.481 e. The van der Waals surface area contributed by atoms with Gasteiger partial charge in [-0.05, 0) is 18.6 Å². The number of rotatable bonds is 3. The van der Waals surface area contributed by atoms with E-state index in [0.717, 1.165) is 17.8 Å². The first-order valence-corrected chi connectivity index (χ1v) is 6.65. The molecule has 2 aromatic rings. The van der Waals surface area contributed by atoms with Crippen LogP contribution in [0.4, 0.5) is 0 Å². The molecule has 1 heterocycles. The molecule has 0 amide bonds. The van der Waals surface area contributed by atoms with Crippen molar-refractivity contribution in [1.29, 1.82) is 0 Å². The minimum atomic E-state index is -0.826. The maximum Gasteiger partial charge on any atom is 0.313 e. The number of aryl methyl sites for hydroxylation is 1. The van der Waals surface area contributed by atoms with Crippen LogP contribution in [0.2, 0.25) is 0 Å². The zero-order valence-corrected chi connectivity index (χ0v) is 10.7. The van der Waals surface area contributed by atoms with Crippen molar-refractivity contribution >= 4 is 17.7 Å². The molecule has 0 fully saturated rings. The first-order chi connectivity index (χ1) is 8.63. The number of thioether (sulfide) groups is 1. The number of benzene rings is 1. The Kier molecular flexibility index (Phi) is 2.63. The number of fused-ring (bicyclic) bond motifs is 3. The molecular formula is C13H12N2O2S. The molecule has 0 atom stereocenters. The van der Waals surface area contributed by atoms with Crippen LogP contribution < -0.4 is 0 Å². The highest BCUT2D eigenvalue weighted by atomic mass is 32.2.